The quantitative estimate of drug-likeness (QED) is 0.537. The lowest BCUT2D eigenvalue weighted by Gasteiger charge is -2.18. The maximum Gasteiger partial charge on any atom is 0.342 e. The van der Waals surface area contributed by atoms with Crippen LogP contribution in [0.25, 0.3) is 0 Å². The number of para-hydroxylation sites is 2. The minimum Gasteiger partial charge on any atom is -0.490 e. The van der Waals surface area contributed by atoms with Crippen molar-refractivity contribution in [2.45, 2.75) is 13.0 Å². The predicted octanol–water partition coefficient (Wildman–Crippen LogP) is 2.78. The molecule has 0 fully saturated rings. The maximum absolute atomic E-state index is 12.4. The Morgan fingerprint density at radius 2 is 1.54 bits per heavy atom. The number of likely N-dealkylation sites (N-methyl/N-ethyl adjacent to an activating group) is 1. The molecule has 0 bridgehead atoms. The van der Waals surface area contributed by atoms with E-state index >= 15 is 0 Å². The lowest BCUT2D eigenvalue weighted by Crippen LogP contribution is -2.35. The maximum atomic E-state index is 12.4. The highest BCUT2D eigenvalue weighted by Gasteiger charge is 2.22. The van der Waals surface area contributed by atoms with Crippen LogP contribution in [0, 0.1) is 0 Å². The molecular formula is C20H23NO5. The number of hydrogen-bond acceptors (Lipinski definition) is 5. The molecule has 6 heteroatoms. The van der Waals surface area contributed by atoms with Gasteiger partial charge in [-0.15, -0.1) is 0 Å². The Morgan fingerprint density at radius 1 is 0.923 bits per heavy atom. The number of ether oxygens (including phenoxy) is 3. The molecule has 2 rings (SSSR count). The van der Waals surface area contributed by atoms with Crippen LogP contribution >= 0.6 is 0 Å². The molecule has 0 saturated heterocycles. The molecule has 0 unspecified atom stereocenters. The summed E-state index contributed by atoms with van der Waals surface area (Å²) in [7, 11) is 3.22. The summed E-state index contributed by atoms with van der Waals surface area (Å²) in [6.45, 7) is 2.14. The van der Waals surface area contributed by atoms with Gasteiger partial charge in [-0.1, -0.05) is 30.3 Å². The fraction of sp³-hybridized carbons (Fsp3) is 0.300. The second-order valence-electron chi connectivity index (χ2n) is 5.79. The number of carbonyl (C=O) groups is 2. The third kappa shape index (κ3) is 5.51. The van der Waals surface area contributed by atoms with E-state index in [0.717, 1.165) is 5.75 Å². The van der Waals surface area contributed by atoms with Crippen molar-refractivity contribution < 1.29 is 23.8 Å². The van der Waals surface area contributed by atoms with Crippen LogP contribution in [0.15, 0.2) is 54.6 Å². The van der Waals surface area contributed by atoms with E-state index in [-0.39, 0.29) is 18.1 Å². The molecule has 1 amide bonds. The second kappa shape index (κ2) is 9.46. The summed E-state index contributed by atoms with van der Waals surface area (Å²) in [6, 6.07) is 16.1. The Bertz CT molecular complexity index is 730. The van der Waals surface area contributed by atoms with Crippen LogP contribution in [-0.4, -0.2) is 50.2 Å². The number of hydrogen-bond donors (Lipinski definition) is 0. The van der Waals surface area contributed by atoms with E-state index in [9.17, 15) is 9.59 Å². The van der Waals surface area contributed by atoms with Crippen molar-refractivity contribution in [2.75, 3.05) is 27.3 Å². The highest BCUT2D eigenvalue weighted by atomic mass is 16.6. The van der Waals surface area contributed by atoms with Gasteiger partial charge in [-0.2, -0.15) is 0 Å². The van der Waals surface area contributed by atoms with Gasteiger partial charge >= 0.3 is 5.97 Å². The lowest BCUT2D eigenvalue weighted by atomic mass is 10.2. The van der Waals surface area contributed by atoms with Crippen molar-refractivity contribution in [3.63, 3.8) is 0 Å². The molecule has 0 aliphatic heterocycles. The molecule has 0 aromatic heterocycles. The highest BCUT2D eigenvalue weighted by molar-refractivity contribution is 5.94. The van der Waals surface area contributed by atoms with E-state index in [1.54, 1.807) is 38.4 Å². The average Bonchev–Trinajstić information content (AvgIpc) is 2.65. The minimum absolute atomic E-state index is 0.269. The van der Waals surface area contributed by atoms with Crippen LogP contribution in [0.3, 0.4) is 0 Å². The Hall–Kier alpha value is -3.02. The summed E-state index contributed by atoms with van der Waals surface area (Å²) in [4.78, 5) is 25.6. The van der Waals surface area contributed by atoms with Crippen LogP contribution in [0.1, 0.15) is 17.3 Å². The SMILES string of the molecule is C[C@H](OC(=O)c1ccccc1OCCOc1ccccc1)C(=O)N(C)C. The first-order valence-electron chi connectivity index (χ1n) is 8.31. The molecule has 0 heterocycles. The Kier molecular flexibility index (Phi) is 7.02. The topological polar surface area (TPSA) is 65.1 Å². The fourth-order valence-electron chi connectivity index (χ4n) is 2.23. The van der Waals surface area contributed by atoms with Crippen molar-refractivity contribution >= 4 is 11.9 Å². The first-order valence-corrected chi connectivity index (χ1v) is 8.31. The molecule has 0 aliphatic carbocycles. The van der Waals surface area contributed by atoms with Crippen molar-refractivity contribution in [1.82, 2.24) is 4.90 Å². The van der Waals surface area contributed by atoms with E-state index in [4.69, 9.17) is 14.2 Å². The summed E-state index contributed by atoms with van der Waals surface area (Å²) in [6.07, 6.45) is -0.869. The Balaban J connectivity index is 1.92. The molecule has 1 atom stereocenters. The molecule has 0 radical (unpaired) electrons. The molecule has 6 nitrogen and oxygen atoms in total. The zero-order valence-electron chi connectivity index (χ0n) is 15.2. The molecule has 0 spiro atoms. The van der Waals surface area contributed by atoms with E-state index in [2.05, 4.69) is 0 Å². The van der Waals surface area contributed by atoms with Crippen LogP contribution < -0.4 is 9.47 Å². The average molecular weight is 357 g/mol. The van der Waals surface area contributed by atoms with E-state index < -0.39 is 12.1 Å². The van der Waals surface area contributed by atoms with Gasteiger partial charge in [0.25, 0.3) is 5.91 Å². The van der Waals surface area contributed by atoms with Gasteiger partial charge < -0.3 is 19.1 Å². The molecule has 2 aromatic rings. The van der Waals surface area contributed by atoms with Crippen LogP contribution in [-0.2, 0) is 9.53 Å². The van der Waals surface area contributed by atoms with E-state index in [1.165, 1.54) is 11.8 Å². The van der Waals surface area contributed by atoms with Gasteiger partial charge in [0.15, 0.2) is 6.10 Å². The molecule has 0 N–H and O–H groups in total. The number of carbonyl (C=O) groups excluding carboxylic acids is 2. The largest absolute Gasteiger partial charge is 0.490 e. The molecule has 0 aliphatic rings. The minimum atomic E-state index is -0.869. The van der Waals surface area contributed by atoms with Gasteiger partial charge in [0, 0.05) is 14.1 Å². The lowest BCUT2D eigenvalue weighted by molar-refractivity contribution is -0.137. The first-order chi connectivity index (χ1) is 12.5. The fourth-order valence-corrected chi connectivity index (χ4v) is 2.23. The summed E-state index contributed by atoms with van der Waals surface area (Å²) < 4.78 is 16.4. The van der Waals surface area contributed by atoms with Crippen molar-refractivity contribution in [1.29, 1.82) is 0 Å². The van der Waals surface area contributed by atoms with Crippen molar-refractivity contribution in [3.8, 4) is 11.5 Å². The number of amides is 1. The molecule has 0 saturated carbocycles. The first kappa shape index (κ1) is 19.3. The van der Waals surface area contributed by atoms with Gasteiger partial charge in [0.2, 0.25) is 0 Å². The predicted molar refractivity (Wildman–Crippen MR) is 97.4 cm³/mol. The number of benzene rings is 2. The van der Waals surface area contributed by atoms with Gasteiger partial charge in [-0.05, 0) is 31.2 Å². The molecule has 2 aromatic carbocycles. The highest BCUT2D eigenvalue weighted by Crippen LogP contribution is 2.20. The summed E-state index contributed by atoms with van der Waals surface area (Å²) in [5.41, 5.74) is 0.269. The van der Waals surface area contributed by atoms with Gasteiger partial charge in [-0.25, -0.2) is 4.79 Å². The Morgan fingerprint density at radius 3 is 2.23 bits per heavy atom. The second-order valence-corrected chi connectivity index (χ2v) is 5.79. The number of nitrogens with zero attached hydrogens (tertiary/aromatic N) is 1. The number of esters is 1. The molecular weight excluding hydrogens is 334 g/mol. The van der Waals surface area contributed by atoms with Gasteiger partial charge in [-0.3, -0.25) is 4.79 Å². The third-order valence-electron chi connectivity index (χ3n) is 3.53. The zero-order valence-corrected chi connectivity index (χ0v) is 15.2. The Labute approximate surface area is 153 Å². The van der Waals surface area contributed by atoms with Gasteiger partial charge in [0.1, 0.15) is 30.3 Å². The monoisotopic (exact) mass is 357 g/mol. The van der Waals surface area contributed by atoms with Crippen LogP contribution in [0.2, 0.25) is 0 Å². The summed E-state index contributed by atoms with van der Waals surface area (Å²) in [5, 5.41) is 0. The van der Waals surface area contributed by atoms with Gasteiger partial charge in [0.05, 0.1) is 0 Å². The summed E-state index contributed by atoms with van der Waals surface area (Å²) in [5.74, 6) is 0.249. The normalized spacial score (nSPS) is 11.3. The van der Waals surface area contributed by atoms with Crippen LogP contribution in [0.5, 0.6) is 11.5 Å². The molecule has 26 heavy (non-hydrogen) atoms. The third-order valence-corrected chi connectivity index (χ3v) is 3.53. The summed E-state index contributed by atoms with van der Waals surface area (Å²) >= 11 is 0. The van der Waals surface area contributed by atoms with E-state index in [0.29, 0.717) is 12.4 Å². The smallest absolute Gasteiger partial charge is 0.342 e. The van der Waals surface area contributed by atoms with Crippen LogP contribution in [0.4, 0.5) is 0 Å². The standard InChI is InChI=1S/C20H23NO5/c1-15(19(22)21(2)3)26-20(23)17-11-7-8-12-18(17)25-14-13-24-16-9-5-4-6-10-16/h4-12,15H,13-14H2,1-3H3/t15-/m0/s1. The molecule has 138 valence electrons. The van der Waals surface area contributed by atoms with Crippen molar-refractivity contribution in [2.24, 2.45) is 0 Å². The number of rotatable bonds is 8. The zero-order chi connectivity index (χ0) is 18.9. The van der Waals surface area contributed by atoms with Crippen molar-refractivity contribution in [3.05, 3.63) is 60.2 Å². The van der Waals surface area contributed by atoms with E-state index in [1.807, 2.05) is 30.3 Å².